The van der Waals surface area contributed by atoms with E-state index in [9.17, 15) is 0 Å². The standard InChI is InChI=1S/C12H25N/c1-6-12(5)7-9-13(10-8-12)11(2,3)4/h6-10H2,1-5H3. The zero-order valence-corrected chi connectivity index (χ0v) is 9.98. The fourth-order valence-electron chi connectivity index (χ4n) is 2.07. The summed E-state index contributed by atoms with van der Waals surface area (Å²) in [5.74, 6) is 0. The van der Waals surface area contributed by atoms with Crippen molar-refractivity contribution in [2.24, 2.45) is 5.41 Å². The van der Waals surface area contributed by atoms with Gasteiger partial charge in [-0.1, -0.05) is 20.3 Å². The largest absolute Gasteiger partial charge is 0.298 e. The van der Waals surface area contributed by atoms with E-state index in [0.717, 1.165) is 0 Å². The predicted molar refractivity (Wildman–Crippen MR) is 59.0 cm³/mol. The lowest BCUT2D eigenvalue weighted by Crippen LogP contribution is -2.48. The molecule has 0 saturated carbocycles. The van der Waals surface area contributed by atoms with Crippen LogP contribution in [0.1, 0.15) is 53.9 Å². The van der Waals surface area contributed by atoms with Gasteiger partial charge < -0.3 is 0 Å². The molecule has 1 saturated heterocycles. The van der Waals surface area contributed by atoms with E-state index in [4.69, 9.17) is 0 Å². The second kappa shape index (κ2) is 3.61. The zero-order valence-electron chi connectivity index (χ0n) is 9.98. The molecule has 0 unspecified atom stereocenters. The molecule has 13 heavy (non-hydrogen) atoms. The first-order chi connectivity index (χ1) is 5.87. The van der Waals surface area contributed by atoms with Gasteiger partial charge in [-0.15, -0.1) is 0 Å². The van der Waals surface area contributed by atoms with Gasteiger partial charge in [0.15, 0.2) is 0 Å². The molecule has 1 rings (SSSR count). The van der Waals surface area contributed by atoms with Gasteiger partial charge in [0.2, 0.25) is 0 Å². The summed E-state index contributed by atoms with van der Waals surface area (Å²) in [6.45, 7) is 14.3. The number of hydrogen-bond acceptors (Lipinski definition) is 1. The topological polar surface area (TPSA) is 3.24 Å². The Morgan fingerprint density at radius 1 is 1.15 bits per heavy atom. The molecule has 0 radical (unpaired) electrons. The number of rotatable bonds is 1. The molecular formula is C12H25N. The average Bonchev–Trinajstić information content (AvgIpc) is 2.04. The van der Waals surface area contributed by atoms with Crippen LogP contribution in [0.5, 0.6) is 0 Å². The zero-order chi connectivity index (χ0) is 10.1. The Hall–Kier alpha value is -0.0400. The van der Waals surface area contributed by atoms with E-state index < -0.39 is 0 Å². The third-order valence-electron chi connectivity index (χ3n) is 3.77. The van der Waals surface area contributed by atoms with Crippen molar-refractivity contribution in [3.8, 4) is 0 Å². The van der Waals surface area contributed by atoms with Crippen molar-refractivity contribution in [3.63, 3.8) is 0 Å². The van der Waals surface area contributed by atoms with Crippen molar-refractivity contribution >= 4 is 0 Å². The van der Waals surface area contributed by atoms with Crippen molar-refractivity contribution in [2.45, 2.75) is 59.4 Å². The van der Waals surface area contributed by atoms with Gasteiger partial charge in [0, 0.05) is 5.54 Å². The van der Waals surface area contributed by atoms with Crippen LogP contribution in [-0.2, 0) is 0 Å². The van der Waals surface area contributed by atoms with Crippen LogP contribution in [0.15, 0.2) is 0 Å². The summed E-state index contributed by atoms with van der Waals surface area (Å²) in [4.78, 5) is 2.62. The molecule has 78 valence electrons. The molecule has 0 N–H and O–H groups in total. The molecule has 1 nitrogen and oxygen atoms in total. The first kappa shape index (κ1) is 11.0. The van der Waals surface area contributed by atoms with Crippen molar-refractivity contribution in [2.75, 3.05) is 13.1 Å². The molecule has 0 aromatic rings. The summed E-state index contributed by atoms with van der Waals surface area (Å²) in [6.07, 6.45) is 4.09. The maximum atomic E-state index is 2.62. The summed E-state index contributed by atoms with van der Waals surface area (Å²) in [5.41, 5.74) is 0.997. The molecule has 0 aromatic heterocycles. The lowest BCUT2D eigenvalue weighted by molar-refractivity contribution is 0.0492. The predicted octanol–water partition coefficient (Wildman–Crippen LogP) is 3.30. The van der Waals surface area contributed by atoms with Crippen LogP contribution in [0.2, 0.25) is 0 Å². The molecule has 1 heterocycles. The van der Waals surface area contributed by atoms with Crippen molar-refractivity contribution in [1.82, 2.24) is 4.90 Å². The second-order valence-corrected chi connectivity index (χ2v) is 5.82. The smallest absolute Gasteiger partial charge is 0.0125 e. The molecule has 0 bridgehead atoms. The summed E-state index contributed by atoms with van der Waals surface area (Å²) >= 11 is 0. The highest BCUT2D eigenvalue weighted by Crippen LogP contribution is 2.35. The van der Waals surface area contributed by atoms with E-state index in [1.807, 2.05) is 0 Å². The summed E-state index contributed by atoms with van der Waals surface area (Å²) in [6, 6.07) is 0. The fourth-order valence-corrected chi connectivity index (χ4v) is 2.07. The fraction of sp³-hybridized carbons (Fsp3) is 1.00. The number of likely N-dealkylation sites (tertiary alicyclic amines) is 1. The maximum absolute atomic E-state index is 2.62. The number of hydrogen-bond donors (Lipinski definition) is 0. The molecule has 0 amide bonds. The van der Waals surface area contributed by atoms with Crippen molar-refractivity contribution < 1.29 is 0 Å². The Morgan fingerprint density at radius 3 is 1.92 bits per heavy atom. The van der Waals surface area contributed by atoms with Gasteiger partial charge in [-0.05, 0) is 52.1 Å². The Bertz CT molecular complexity index is 158. The summed E-state index contributed by atoms with van der Waals surface area (Å²) in [7, 11) is 0. The third-order valence-corrected chi connectivity index (χ3v) is 3.77. The lowest BCUT2D eigenvalue weighted by atomic mass is 9.77. The highest BCUT2D eigenvalue weighted by molar-refractivity contribution is 4.86. The Labute approximate surface area is 83.5 Å². The van der Waals surface area contributed by atoms with E-state index in [2.05, 4.69) is 39.5 Å². The van der Waals surface area contributed by atoms with Crippen molar-refractivity contribution in [3.05, 3.63) is 0 Å². The van der Waals surface area contributed by atoms with E-state index in [-0.39, 0.29) is 0 Å². The van der Waals surface area contributed by atoms with E-state index in [1.165, 1.54) is 32.4 Å². The first-order valence-corrected chi connectivity index (χ1v) is 5.62. The normalized spacial score (nSPS) is 24.7. The van der Waals surface area contributed by atoms with Crippen LogP contribution >= 0.6 is 0 Å². The Morgan fingerprint density at radius 2 is 1.62 bits per heavy atom. The minimum Gasteiger partial charge on any atom is -0.298 e. The molecule has 0 aliphatic carbocycles. The first-order valence-electron chi connectivity index (χ1n) is 5.62. The van der Waals surface area contributed by atoms with E-state index >= 15 is 0 Å². The second-order valence-electron chi connectivity index (χ2n) is 5.82. The van der Waals surface area contributed by atoms with Crippen LogP contribution in [0.3, 0.4) is 0 Å². The quantitative estimate of drug-likeness (QED) is 0.603. The molecule has 0 spiro atoms. The van der Waals surface area contributed by atoms with Crippen LogP contribution in [0.4, 0.5) is 0 Å². The van der Waals surface area contributed by atoms with Gasteiger partial charge in [-0.2, -0.15) is 0 Å². The van der Waals surface area contributed by atoms with Gasteiger partial charge in [-0.3, -0.25) is 4.90 Å². The summed E-state index contributed by atoms with van der Waals surface area (Å²) in [5, 5.41) is 0. The van der Waals surface area contributed by atoms with Crippen LogP contribution in [-0.4, -0.2) is 23.5 Å². The average molecular weight is 183 g/mol. The number of nitrogens with zero attached hydrogens (tertiary/aromatic N) is 1. The van der Waals surface area contributed by atoms with Gasteiger partial charge >= 0.3 is 0 Å². The van der Waals surface area contributed by atoms with Crippen LogP contribution in [0.25, 0.3) is 0 Å². The molecule has 0 atom stereocenters. The van der Waals surface area contributed by atoms with E-state index in [1.54, 1.807) is 0 Å². The van der Waals surface area contributed by atoms with Crippen molar-refractivity contribution in [1.29, 1.82) is 0 Å². The molecule has 1 heteroatoms. The minimum atomic E-state index is 0.370. The van der Waals surface area contributed by atoms with Gasteiger partial charge in [0.1, 0.15) is 0 Å². The summed E-state index contributed by atoms with van der Waals surface area (Å²) < 4.78 is 0. The molecule has 1 aliphatic rings. The Balaban J connectivity index is 2.48. The van der Waals surface area contributed by atoms with Crippen LogP contribution < -0.4 is 0 Å². The van der Waals surface area contributed by atoms with E-state index in [0.29, 0.717) is 11.0 Å². The maximum Gasteiger partial charge on any atom is 0.0125 e. The molecule has 0 aromatic carbocycles. The van der Waals surface area contributed by atoms with Crippen LogP contribution in [0, 0.1) is 5.41 Å². The van der Waals surface area contributed by atoms with Gasteiger partial charge in [0.05, 0.1) is 0 Å². The highest BCUT2D eigenvalue weighted by atomic mass is 15.2. The lowest BCUT2D eigenvalue weighted by Gasteiger charge is -2.45. The molecule has 1 aliphatic heterocycles. The minimum absolute atomic E-state index is 0.370. The monoisotopic (exact) mass is 183 g/mol. The highest BCUT2D eigenvalue weighted by Gasteiger charge is 2.32. The molecular weight excluding hydrogens is 158 g/mol. The SMILES string of the molecule is CCC1(C)CCN(C(C)(C)C)CC1. The third kappa shape index (κ3) is 2.70. The Kier molecular flexibility index (Phi) is 3.06. The number of piperidine rings is 1. The molecule has 1 fully saturated rings. The van der Waals surface area contributed by atoms with Gasteiger partial charge in [0.25, 0.3) is 0 Å². The van der Waals surface area contributed by atoms with Gasteiger partial charge in [-0.25, -0.2) is 0 Å².